The van der Waals surface area contributed by atoms with Gasteiger partial charge in [0, 0.05) is 0 Å². The first-order chi connectivity index (χ1) is 4.90. The van der Waals surface area contributed by atoms with E-state index in [1.807, 2.05) is 0 Å². The maximum atomic E-state index is 2.66. The van der Waals surface area contributed by atoms with Crippen molar-refractivity contribution in [2.75, 3.05) is 0 Å². The fourth-order valence-electron chi connectivity index (χ4n) is 3.65. The summed E-state index contributed by atoms with van der Waals surface area (Å²) < 4.78 is 0. The van der Waals surface area contributed by atoms with Gasteiger partial charge in [0.1, 0.15) is 6.71 Å². The molecule has 11 heavy (non-hydrogen) atoms. The lowest BCUT2D eigenvalue weighted by Crippen LogP contribution is -2.42. The van der Waals surface area contributed by atoms with E-state index < -0.39 is 0 Å². The van der Waals surface area contributed by atoms with Crippen LogP contribution in [0.15, 0.2) is 0 Å². The van der Waals surface area contributed by atoms with E-state index in [9.17, 15) is 0 Å². The molecule has 1 nitrogen and oxygen atoms in total. The fraction of sp³-hybridized carbons (Fsp3) is 0.889. The van der Waals surface area contributed by atoms with Gasteiger partial charge in [-0.15, -0.1) is 0 Å². The summed E-state index contributed by atoms with van der Waals surface area (Å²) in [5, 5.41) is 0. The Morgan fingerprint density at radius 3 is 2.09 bits per heavy atom. The zero-order valence-corrected chi connectivity index (χ0v) is 7.42. The van der Waals surface area contributed by atoms with Crippen LogP contribution in [0.1, 0.15) is 12.8 Å². The Bertz CT molecular complexity index is 101. The summed E-state index contributed by atoms with van der Waals surface area (Å²) in [6, 6.07) is 0. The normalized spacial score (nSPS) is 45.8. The average Bonchev–Trinajstić information content (AvgIpc) is 1.82. The molecule has 62 valence electrons. The first-order valence-electron chi connectivity index (χ1n) is 4.75. The third-order valence-electron chi connectivity index (χ3n) is 3.76. The molecular weight excluding hydrogens is 133 g/mol. The molecule has 0 aromatic carbocycles. The molecule has 4 aliphatic rings. The summed E-state index contributed by atoms with van der Waals surface area (Å²) in [5.74, 6) is 3.25. The Morgan fingerprint density at radius 2 is 1.64 bits per heavy atom. The lowest BCUT2D eigenvalue weighted by molar-refractivity contribution is 0.261. The largest absolute Gasteiger partial charge is 0.369 e. The molecular formula is C9H18BN. The Morgan fingerprint density at radius 1 is 1.00 bits per heavy atom. The summed E-state index contributed by atoms with van der Waals surface area (Å²) in [7, 11) is 0. The number of rotatable bonds is 0. The molecule has 0 aromatic heterocycles. The summed E-state index contributed by atoms with van der Waals surface area (Å²) in [6.07, 6.45) is 10.4. The number of hydrogen-bond acceptors (Lipinski definition) is 0. The van der Waals surface area contributed by atoms with Gasteiger partial charge in [0.25, 0.3) is 0 Å². The van der Waals surface area contributed by atoms with E-state index in [-0.39, 0.29) is 6.15 Å². The highest BCUT2D eigenvalue weighted by atomic mass is 14.4. The van der Waals surface area contributed by atoms with Crippen molar-refractivity contribution in [2.24, 2.45) is 17.8 Å². The lowest BCUT2D eigenvalue weighted by Gasteiger charge is -2.55. The van der Waals surface area contributed by atoms with Crippen LogP contribution in [-0.4, -0.2) is 6.71 Å². The molecule has 1 aliphatic carbocycles. The molecule has 4 rings (SSSR count). The standard InChI is InChI=1S/C9H14B.H3N/c1-7-2-9-3-8(1)5-10(4-7)6-9;/h1,7-9H,2-6H2;1H3/q-1;/p+1. The molecule has 0 amide bonds. The van der Waals surface area contributed by atoms with E-state index in [4.69, 9.17) is 0 Å². The van der Waals surface area contributed by atoms with Gasteiger partial charge in [0.2, 0.25) is 0 Å². The van der Waals surface area contributed by atoms with Crippen molar-refractivity contribution < 1.29 is 0 Å². The minimum atomic E-state index is 0. The third-order valence-corrected chi connectivity index (χ3v) is 3.76. The maximum absolute atomic E-state index is 2.66. The molecule has 0 spiro atoms. The van der Waals surface area contributed by atoms with Crippen molar-refractivity contribution in [2.45, 2.75) is 31.8 Å². The molecule has 3 saturated heterocycles. The van der Waals surface area contributed by atoms with E-state index in [1.54, 1.807) is 31.8 Å². The minimum absolute atomic E-state index is 0. The fourth-order valence-corrected chi connectivity index (χ4v) is 3.65. The first kappa shape index (κ1) is 7.66. The van der Waals surface area contributed by atoms with Gasteiger partial charge < -0.3 is 12.6 Å². The SMILES string of the molecule is [CH-]1C2CB3CC1CC(C3)C2.[NH4+]. The quantitative estimate of drug-likeness (QED) is 0.408. The van der Waals surface area contributed by atoms with Crippen LogP contribution in [0.3, 0.4) is 0 Å². The summed E-state index contributed by atoms with van der Waals surface area (Å²) in [6.45, 7) is 1.15. The van der Waals surface area contributed by atoms with Gasteiger partial charge in [0.15, 0.2) is 0 Å². The van der Waals surface area contributed by atoms with Crippen LogP contribution in [0.2, 0.25) is 19.0 Å². The third kappa shape index (κ3) is 1.12. The van der Waals surface area contributed by atoms with E-state index in [0.29, 0.717) is 0 Å². The zero-order chi connectivity index (χ0) is 6.55. The molecule has 0 aromatic rings. The van der Waals surface area contributed by atoms with Gasteiger partial charge in [0.05, 0.1) is 0 Å². The van der Waals surface area contributed by atoms with Crippen molar-refractivity contribution in [3.63, 3.8) is 0 Å². The summed E-state index contributed by atoms with van der Waals surface area (Å²) in [4.78, 5) is 0. The minimum Gasteiger partial charge on any atom is -0.369 e. The maximum Gasteiger partial charge on any atom is 0.135 e. The smallest absolute Gasteiger partial charge is 0.135 e. The first-order valence-corrected chi connectivity index (χ1v) is 4.75. The predicted octanol–water partition coefficient (Wildman–Crippen LogP) is 2.73. The van der Waals surface area contributed by atoms with Crippen molar-refractivity contribution in [3.05, 3.63) is 6.42 Å². The van der Waals surface area contributed by atoms with Gasteiger partial charge in [-0.3, -0.25) is 0 Å². The van der Waals surface area contributed by atoms with Crippen LogP contribution in [0.25, 0.3) is 0 Å². The van der Waals surface area contributed by atoms with Crippen LogP contribution in [0, 0.1) is 24.2 Å². The van der Waals surface area contributed by atoms with Crippen LogP contribution in [0.5, 0.6) is 0 Å². The van der Waals surface area contributed by atoms with Gasteiger partial charge in [-0.05, 0) is 0 Å². The van der Waals surface area contributed by atoms with E-state index >= 15 is 0 Å². The Hall–Kier alpha value is 0.0249. The van der Waals surface area contributed by atoms with Crippen molar-refractivity contribution in [3.8, 4) is 0 Å². The highest BCUT2D eigenvalue weighted by Gasteiger charge is 2.37. The second kappa shape index (κ2) is 2.51. The van der Waals surface area contributed by atoms with Gasteiger partial charge >= 0.3 is 0 Å². The molecule has 1 saturated carbocycles. The lowest BCUT2D eigenvalue weighted by atomic mass is 9.28. The molecule has 2 atom stereocenters. The van der Waals surface area contributed by atoms with Crippen LogP contribution < -0.4 is 6.15 Å². The molecule has 4 bridgehead atoms. The molecule has 0 radical (unpaired) electrons. The molecule has 2 unspecified atom stereocenters. The highest BCUT2D eigenvalue weighted by molar-refractivity contribution is 6.59. The van der Waals surface area contributed by atoms with Crippen molar-refractivity contribution in [1.29, 1.82) is 0 Å². The van der Waals surface area contributed by atoms with Gasteiger partial charge in [-0.1, -0.05) is 37.7 Å². The highest BCUT2D eigenvalue weighted by Crippen LogP contribution is 2.50. The number of hydrogen-bond donors (Lipinski definition) is 1. The Labute approximate surface area is 69.6 Å². The van der Waals surface area contributed by atoms with Crippen LogP contribution in [0.4, 0.5) is 0 Å². The zero-order valence-electron chi connectivity index (χ0n) is 7.42. The van der Waals surface area contributed by atoms with Crippen LogP contribution >= 0.6 is 0 Å². The van der Waals surface area contributed by atoms with Gasteiger partial charge in [-0.2, -0.15) is 11.8 Å². The van der Waals surface area contributed by atoms with Crippen molar-refractivity contribution >= 4 is 6.71 Å². The topological polar surface area (TPSA) is 36.5 Å². The summed E-state index contributed by atoms with van der Waals surface area (Å²) in [5.41, 5.74) is 0. The van der Waals surface area contributed by atoms with Crippen molar-refractivity contribution in [1.82, 2.24) is 6.15 Å². The predicted molar refractivity (Wildman–Crippen MR) is 50.2 cm³/mol. The molecule has 2 heteroatoms. The second-order valence-electron chi connectivity index (χ2n) is 4.62. The molecule has 3 aliphatic heterocycles. The van der Waals surface area contributed by atoms with Gasteiger partial charge in [-0.25, -0.2) is 0 Å². The van der Waals surface area contributed by atoms with E-state index in [1.165, 1.54) is 0 Å². The molecule has 4 fully saturated rings. The Kier molecular flexibility index (Phi) is 1.75. The average molecular weight is 151 g/mol. The van der Waals surface area contributed by atoms with E-state index in [2.05, 4.69) is 6.42 Å². The van der Waals surface area contributed by atoms with Crippen LogP contribution in [-0.2, 0) is 0 Å². The second-order valence-corrected chi connectivity index (χ2v) is 4.62. The summed E-state index contributed by atoms with van der Waals surface area (Å²) >= 11 is 0. The molecule has 4 N–H and O–H groups in total. The monoisotopic (exact) mass is 151 g/mol. The Balaban J connectivity index is 0.000000480. The molecule has 3 heterocycles. The van der Waals surface area contributed by atoms with E-state index in [0.717, 1.165) is 24.5 Å². The number of quaternary nitrogens is 1.